The highest BCUT2D eigenvalue weighted by Gasteiger charge is 2.41. The van der Waals surface area contributed by atoms with Gasteiger partial charge in [0.25, 0.3) is 0 Å². The summed E-state index contributed by atoms with van der Waals surface area (Å²) in [5.41, 5.74) is 5.59. The molecule has 9 nitrogen and oxygen atoms in total. The van der Waals surface area contributed by atoms with Crippen LogP contribution in [0.3, 0.4) is 0 Å². The average molecular weight is 487 g/mol. The van der Waals surface area contributed by atoms with Gasteiger partial charge in [-0.3, -0.25) is 0 Å². The van der Waals surface area contributed by atoms with E-state index in [-0.39, 0.29) is 33.1 Å². The number of aliphatic hydroxyl groups is 1. The van der Waals surface area contributed by atoms with Gasteiger partial charge in [-0.1, -0.05) is 11.6 Å². The van der Waals surface area contributed by atoms with E-state index in [1.807, 2.05) is 0 Å². The average Bonchev–Trinajstić information content (AvgIpc) is 3.55. The number of sulfonamides is 1. The Morgan fingerprint density at radius 3 is 2.53 bits per heavy atom. The van der Waals surface area contributed by atoms with Gasteiger partial charge in [0.05, 0.1) is 28.3 Å². The molecule has 3 N–H and O–H groups in total. The molecule has 5 rings (SSSR count). The summed E-state index contributed by atoms with van der Waals surface area (Å²) in [6, 6.07) is 2.20. The number of aliphatic hydroxyl groups excluding tert-OH is 1. The fourth-order valence-electron chi connectivity index (χ4n) is 3.47. The summed E-state index contributed by atoms with van der Waals surface area (Å²) in [4.78, 5) is 7.53. The fourth-order valence-corrected chi connectivity index (χ4v) is 5.53. The van der Waals surface area contributed by atoms with Gasteiger partial charge in [0.1, 0.15) is 11.2 Å². The number of nitrogens with zero attached hydrogens (tertiary/aromatic N) is 5. The fraction of sp³-hybridized carbons (Fsp3) is 0.421. The van der Waals surface area contributed by atoms with Crippen LogP contribution in [-0.2, 0) is 10.0 Å². The lowest BCUT2D eigenvalue weighted by atomic mass is 10.1. The van der Waals surface area contributed by atoms with Crippen LogP contribution in [0.25, 0.3) is 16.9 Å². The molecule has 1 aliphatic heterocycles. The second-order valence-corrected chi connectivity index (χ2v) is 10.3. The molecule has 2 fully saturated rings. The molecule has 3 aromatic heterocycles. The molecular weight excluding hydrogens is 466 g/mol. The van der Waals surface area contributed by atoms with Crippen LogP contribution >= 0.6 is 11.6 Å². The van der Waals surface area contributed by atoms with Crippen LogP contribution in [0.1, 0.15) is 25.7 Å². The van der Waals surface area contributed by atoms with Crippen LogP contribution in [0, 0.1) is 11.6 Å². The van der Waals surface area contributed by atoms with Crippen molar-refractivity contribution < 1.29 is 22.3 Å². The van der Waals surface area contributed by atoms with Gasteiger partial charge >= 0.3 is 0 Å². The van der Waals surface area contributed by atoms with Gasteiger partial charge in [-0.2, -0.15) is 4.31 Å². The van der Waals surface area contributed by atoms with Crippen molar-refractivity contribution in [1.82, 2.24) is 23.9 Å². The first-order valence-electron chi connectivity index (χ1n) is 9.95. The van der Waals surface area contributed by atoms with Crippen LogP contribution < -0.4 is 5.73 Å². The van der Waals surface area contributed by atoms with E-state index in [0.717, 1.165) is 42.3 Å². The lowest BCUT2D eigenvalue weighted by molar-refractivity contribution is 0.108. The molecule has 1 unspecified atom stereocenters. The Balaban J connectivity index is 0.000000165. The maximum Gasteiger partial charge on any atom is 0.238 e. The minimum absolute atomic E-state index is 0.0567. The summed E-state index contributed by atoms with van der Waals surface area (Å²) in [6.07, 6.45) is 5.15. The highest BCUT2D eigenvalue weighted by molar-refractivity contribution is 7.90. The van der Waals surface area contributed by atoms with Gasteiger partial charge in [0.2, 0.25) is 16.0 Å². The maximum atomic E-state index is 13.8. The highest BCUT2D eigenvalue weighted by atomic mass is 35.5. The molecule has 172 valence electrons. The van der Waals surface area contributed by atoms with E-state index in [1.54, 1.807) is 0 Å². The highest BCUT2D eigenvalue weighted by Crippen LogP contribution is 2.32. The molecule has 0 bridgehead atoms. The SMILES string of the molecule is Nc1ncc2c(F)cc(-c3ncc(Cl)cc3F)n2n1.O=S(=O)(C1CC1)N1CCCC(O)C1. The van der Waals surface area contributed by atoms with Crippen molar-refractivity contribution in [2.75, 3.05) is 18.8 Å². The number of halogens is 3. The van der Waals surface area contributed by atoms with E-state index in [2.05, 4.69) is 15.1 Å². The molecule has 3 aromatic rings. The van der Waals surface area contributed by atoms with Crippen LogP contribution in [0.4, 0.5) is 14.7 Å². The Kier molecular flexibility index (Phi) is 6.30. The number of rotatable bonds is 3. The summed E-state index contributed by atoms with van der Waals surface area (Å²) in [5.74, 6) is -1.33. The van der Waals surface area contributed by atoms with E-state index >= 15 is 0 Å². The maximum absolute atomic E-state index is 13.8. The zero-order valence-corrected chi connectivity index (χ0v) is 18.4. The minimum atomic E-state index is -3.05. The lowest BCUT2D eigenvalue weighted by Gasteiger charge is -2.29. The molecule has 0 aromatic carbocycles. The number of nitrogen functional groups attached to an aromatic ring is 1. The van der Waals surface area contributed by atoms with Gasteiger partial charge in [0, 0.05) is 25.4 Å². The zero-order chi connectivity index (χ0) is 23.0. The van der Waals surface area contributed by atoms with Gasteiger partial charge in [-0.05, 0) is 31.7 Å². The van der Waals surface area contributed by atoms with Crippen molar-refractivity contribution in [2.24, 2.45) is 0 Å². The second-order valence-electron chi connectivity index (χ2n) is 7.67. The summed E-state index contributed by atoms with van der Waals surface area (Å²) < 4.78 is 53.6. The summed E-state index contributed by atoms with van der Waals surface area (Å²) >= 11 is 5.62. The number of pyridine rings is 1. The molecular formula is C19H21ClF2N6O3S. The molecule has 32 heavy (non-hydrogen) atoms. The molecule has 1 atom stereocenters. The molecule has 0 amide bonds. The molecule has 13 heteroatoms. The van der Waals surface area contributed by atoms with Crippen molar-refractivity contribution in [2.45, 2.75) is 37.0 Å². The first kappa shape index (κ1) is 22.8. The molecule has 4 heterocycles. The monoisotopic (exact) mass is 486 g/mol. The minimum Gasteiger partial charge on any atom is -0.392 e. The van der Waals surface area contributed by atoms with Crippen LogP contribution in [0.2, 0.25) is 5.02 Å². The van der Waals surface area contributed by atoms with Gasteiger partial charge in [-0.15, -0.1) is 5.10 Å². The third-order valence-electron chi connectivity index (χ3n) is 5.20. The van der Waals surface area contributed by atoms with Crippen molar-refractivity contribution in [3.63, 3.8) is 0 Å². The second kappa shape index (κ2) is 8.85. The Labute approximate surface area is 187 Å². The van der Waals surface area contributed by atoms with E-state index in [1.165, 1.54) is 16.7 Å². The molecule has 0 radical (unpaired) electrons. The lowest BCUT2D eigenvalue weighted by Crippen LogP contribution is -2.43. The largest absolute Gasteiger partial charge is 0.392 e. The summed E-state index contributed by atoms with van der Waals surface area (Å²) in [5, 5.41) is 13.2. The van der Waals surface area contributed by atoms with Crippen LogP contribution in [-0.4, -0.2) is 61.9 Å². The standard InChI is InChI=1S/C11H6ClF2N5.C8H15NO3S/c12-5-1-7(14)10(16-3-5)8-2-6(13)9-4-17-11(15)18-19(8)9;10-7-2-1-5-9(6-7)13(11,12)8-3-4-8/h1-4H,(H2,15,18);7-8,10H,1-6H2. The molecule has 1 saturated carbocycles. The molecule has 1 saturated heterocycles. The van der Waals surface area contributed by atoms with Gasteiger partial charge < -0.3 is 10.8 Å². The number of aromatic nitrogens is 4. The number of fused-ring (bicyclic) bond motifs is 1. The number of piperidine rings is 1. The van der Waals surface area contributed by atoms with Crippen molar-refractivity contribution in [3.05, 3.63) is 41.2 Å². The Morgan fingerprint density at radius 2 is 1.88 bits per heavy atom. The van der Waals surface area contributed by atoms with Crippen LogP contribution in [0.15, 0.2) is 24.5 Å². The predicted molar refractivity (Wildman–Crippen MR) is 114 cm³/mol. The Bertz CT molecular complexity index is 1250. The Morgan fingerprint density at radius 1 is 1.12 bits per heavy atom. The number of nitrogens with two attached hydrogens (primary N) is 1. The van der Waals surface area contributed by atoms with E-state index in [0.29, 0.717) is 13.1 Å². The van der Waals surface area contributed by atoms with Crippen molar-refractivity contribution in [1.29, 1.82) is 0 Å². The molecule has 2 aliphatic rings. The van der Waals surface area contributed by atoms with Crippen molar-refractivity contribution >= 4 is 33.1 Å². The van der Waals surface area contributed by atoms with Gasteiger partial charge in [-0.25, -0.2) is 31.7 Å². The Hall–Kier alpha value is -2.41. The molecule has 1 aliphatic carbocycles. The number of β-amino-alcohol motifs (C(OH)–C–C–N with tert-alkyl or cyclic N) is 1. The van der Waals surface area contributed by atoms with Crippen molar-refractivity contribution in [3.8, 4) is 11.4 Å². The smallest absolute Gasteiger partial charge is 0.238 e. The third-order valence-corrected chi connectivity index (χ3v) is 7.77. The van der Waals surface area contributed by atoms with Gasteiger partial charge in [0.15, 0.2) is 11.6 Å². The summed E-state index contributed by atoms with van der Waals surface area (Å²) in [6.45, 7) is 0.898. The third kappa shape index (κ3) is 4.68. The zero-order valence-electron chi connectivity index (χ0n) is 16.8. The normalized spacial score (nSPS) is 19.6. The van der Waals surface area contributed by atoms with E-state index in [4.69, 9.17) is 17.3 Å². The first-order chi connectivity index (χ1) is 15.2. The molecule has 0 spiro atoms. The van der Waals surface area contributed by atoms with E-state index < -0.39 is 27.8 Å². The number of hydrogen-bond donors (Lipinski definition) is 2. The number of anilines is 1. The van der Waals surface area contributed by atoms with E-state index in [9.17, 15) is 22.3 Å². The van der Waals surface area contributed by atoms with Crippen LogP contribution in [0.5, 0.6) is 0 Å². The summed E-state index contributed by atoms with van der Waals surface area (Å²) in [7, 11) is -3.05. The first-order valence-corrected chi connectivity index (χ1v) is 11.8. The predicted octanol–water partition coefficient (Wildman–Crippen LogP) is 2.24. The quantitative estimate of drug-likeness (QED) is 0.581. The topological polar surface area (TPSA) is 127 Å². The number of hydrogen-bond acceptors (Lipinski definition) is 7.